The molecule has 37 heavy (non-hydrogen) atoms. The van der Waals surface area contributed by atoms with Crippen molar-refractivity contribution >= 4 is 35.0 Å². The van der Waals surface area contributed by atoms with Gasteiger partial charge in [0.25, 0.3) is 0 Å². The Morgan fingerprint density at radius 3 is 2.43 bits per heavy atom. The first kappa shape index (κ1) is 26.9. The number of benzene rings is 2. The number of carbonyl (C=O) groups is 3. The first-order valence-electron chi connectivity index (χ1n) is 12.7. The van der Waals surface area contributed by atoms with Gasteiger partial charge in [-0.1, -0.05) is 73.1 Å². The molecular formula is C29H34ClN3O4. The number of para-hydroxylation sites is 1. The van der Waals surface area contributed by atoms with Gasteiger partial charge in [0.1, 0.15) is 6.04 Å². The van der Waals surface area contributed by atoms with Crippen LogP contribution in [0.1, 0.15) is 24.5 Å². The highest BCUT2D eigenvalue weighted by Gasteiger charge is 2.58. The molecule has 3 amide bonds. The average Bonchev–Trinajstić information content (AvgIpc) is 3.21. The van der Waals surface area contributed by atoms with Crippen LogP contribution in [0.4, 0.5) is 5.69 Å². The molecule has 8 heteroatoms. The van der Waals surface area contributed by atoms with E-state index in [0.717, 1.165) is 11.1 Å². The topological polar surface area (TPSA) is 98.7 Å². The second-order valence-electron chi connectivity index (χ2n) is 9.84. The number of aliphatic hydroxyl groups is 1. The molecule has 1 aliphatic heterocycles. The fraction of sp³-hybridized carbons (Fsp3) is 0.414. The van der Waals surface area contributed by atoms with Gasteiger partial charge in [0.2, 0.25) is 17.7 Å². The van der Waals surface area contributed by atoms with Crippen LogP contribution in [0, 0.1) is 30.6 Å². The number of likely N-dealkylation sites (tertiary alicyclic amines) is 1. The normalized spacial score (nSPS) is 25.5. The molecule has 3 N–H and O–H groups in total. The lowest BCUT2D eigenvalue weighted by Gasteiger charge is -2.34. The van der Waals surface area contributed by atoms with Crippen molar-refractivity contribution in [3.05, 3.63) is 76.8 Å². The van der Waals surface area contributed by atoms with Crippen molar-refractivity contribution in [1.29, 1.82) is 0 Å². The molecule has 2 aromatic carbocycles. The van der Waals surface area contributed by atoms with Gasteiger partial charge in [-0.25, -0.2) is 0 Å². The summed E-state index contributed by atoms with van der Waals surface area (Å²) >= 11 is 6.40. The van der Waals surface area contributed by atoms with Crippen molar-refractivity contribution in [2.75, 3.05) is 19.0 Å². The number of aliphatic hydroxyl groups excluding tert-OH is 1. The van der Waals surface area contributed by atoms with Crippen LogP contribution in [0.2, 0.25) is 5.02 Å². The van der Waals surface area contributed by atoms with Gasteiger partial charge in [-0.2, -0.15) is 0 Å². The van der Waals surface area contributed by atoms with E-state index in [0.29, 0.717) is 23.6 Å². The summed E-state index contributed by atoms with van der Waals surface area (Å²) in [6, 6.07) is 13.4. The predicted octanol–water partition coefficient (Wildman–Crippen LogP) is 3.59. The highest BCUT2D eigenvalue weighted by atomic mass is 35.5. The van der Waals surface area contributed by atoms with E-state index >= 15 is 0 Å². The summed E-state index contributed by atoms with van der Waals surface area (Å²) in [6.45, 7) is 3.51. The van der Waals surface area contributed by atoms with E-state index in [2.05, 4.69) is 10.6 Å². The summed E-state index contributed by atoms with van der Waals surface area (Å²) in [5.74, 6) is -2.84. The summed E-state index contributed by atoms with van der Waals surface area (Å²) in [6.07, 6.45) is 4.94. The quantitative estimate of drug-likeness (QED) is 0.460. The van der Waals surface area contributed by atoms with Gasteiger partial charge in [0, 0.05) is 13.0 Å². The zero-order valence-electron chi connectivity index (χ0n) is 21.4. The predicted molar refractivity (Wildman–Crippen MR) is 144 cm³/mol. The SMILES string of the molecule is CC[C@@H]1C=C[C@H]2[C@H](C(=O)N([C@@H](CO)Cc3ccccc3)[C@@H]2C(=O)Nc2c(C)cccc2Cl)[C@@H]1C(=O)NC. The number of hydrogen-bond donors (Lipinski definition) is 3. The molecule has 0 radical (unpaired) electrons. The van der Waals surface area contributed by atoms with Gasteiger partial charge in [-0.15, -0.1) is 0 Å². The number of amides is 3. The second-order valence-corrected chi connectivity index (χ2v) is 10.2. The molecule has 6 atom stereocenters. The molecule has 1 heterocycles. The summed E-state index contributed by atoms with van der Waals surface area (Å²) < 4.78 is 0. The van der Waals surface area contributed by atoms with Crippen molar-refractivity contribution in [3.8, 4) is 0 Å². The molecule has 7 nitrogen and oxygen atoms in total. The number of rotatable bonds is 8. The molecule has 1 aliphatic carbocycles. The second kappa shape index (κ2) is 11.5. The van der Waals surface area contributed by atoms with E-state index in [4.69, 9.17) is 11.6 Å². The Balaban J connectivity index is 1.77. The molecule has 4 rings (SSSR count). The van der Waals surface area contributed by atoms with Crippen LogP contribution >= 0.6 is 11.6 Å². The summed E-state index contributed by atoms with van der Waals surface area (Å²) in [5.41, 5.74) is 2.22. The van der Waals surface area contributed by atoms with Gasteiger partial charge in [0.05, 0.1) is 35.2 Å². The molecule has 0 spiro atoms. The Labute approximate surface area is 222 Å². The molecule has 0 unspecified atom stereocenters. The lowest BCUT2D eigenvalue weighted by atomic mass is 9.69. The molecule has 1 fully saturated rings. The minimum atomic E-state index is -0.907. The number of carbonyl (C=O) groups excluding carboxylic acids is 3. The molecule has 0 saturated carbocycles. The maximum Gasteiger partial charge on any atom is 0.247 e. The van der Waals surface area contributed by atoms with Crippen LogP contribution in [-0.4, -0.2) is 53.5 Å². The Hall–Kier alpha value is -3.16. The smallest absolute Gasteiger partial charge is 0.247 e. The minimum absolute atomic E-state index is 0.124. The van der Waals surface area contributed by atoms with Gasteiger partial charge >= 0.3 is 0 Å². The maximum absolute atomic E-state index is 14.1. The van der Waals surface area contributed by atoms with Crippen molar-refractivity contribution in [1.82, 2.24) is 10.2 Å². The lowest BCUT2D eigenvalue weighted by molar-refractivity contribution is -0.142. The summed E-state index contributed by atoms with van der Waals surface area (Å²) in [7, 11) is 1.57. The van der Waals surface area contributed by atoms with Gasteiger partial charge < -0.3 is 20.6 Å². The number of halogens is 1. The van der Waals surface area contributed by atoms with Crippen molar-refractivity contribution in [2.24, 2.45) is 23.7 Å². The van der Waals surface area contributed by atoms with Crippen molar-refractivity contribution < 1.29 is 19.5 Å². The standard InChI is InChI=1S/C29H34ClN3O4/c1-4-19-13-14-21-24(23(19)27(35)31-3)29(37)33(20(16-34)15-18-10-6-5-7-11-18)26(21)28(36)32-25-17(2)9-8-12-22(25)30/h5-14,19-21,23-24,26,34H,4,15-16H2,1-3H3,(H,31,35)(H,32,36)/t19-,20-,21+,23-,24+,26+/m1/s1. The summed E-state index contributed by atoms with van der Waals surface area (Å²) in [5, 5.41) is 16.5. The lowest BCUT2D eigenvalue weighted by Crippen LogP contribution is -2.51. The number of aryl methyl sites for hydroxylation is 1. The van der Waals surface area contributed by atoms with Crippen molar-refractivity contribution in [2.45, 2.75) is 38.8 Å². The molecule has 2 aromatic rings. The number of fused-ring (bicyclic) bond motifs is 1. The Bertz CT molecular complexity index is 1160. The number of anilines is 1. The third-order valence-corrected chi connectivity index (χ3v) is 8.04. The van der Waals surface area contributed by atoms with Crippen LogP contribution in [-0.2, 0) is 20.8 Å². The van der Waals surface area contributed by atoms with Crippen LogP contribution in [0.25, 0.3) is 0 Å². The first-order valence-corrected chi connectivity index (χ1v) is 13.1. The highest BCUT2D eigenvalue weighted by molar-refractivity contribution is 6.34. The van der Waals surface area contributed by atoms with E-state index in [1.54, 1.807) is 19.2 Å². The third-order valence-electron chi connectivity index (χ3n) is 7.72. The van der Waals surface area contributed by atoms with Gasteiger partial charge in [-0.3, -0.25) is 14.4 Å². The zero-order valence-corrected chi connectivity index (χ0v) is 22.1. The Morgan fingerprint density at radius 1 is 1.08 bits per heavy atom. The van der Waals surface area contributed by atoms with Gasteiger partial charge in [-0.05, 0) is 42.9 Å². The number of hydrogen-bond acceptors (Lipinski definition) is 4. The van der Waals surface area contributed by atoms with E-state index in [-0.39, 0.29) is 30.2 Å². The summed E-state index contributed by atoms with van der Waals surface area (Å²) in [4.78, 5) is 42.6. The number of nitrogens with one attached hydrogen (secondary N) is 2. The first-order chi connectivity index (χ1) is 17.8. The molecule has 1 saturated heterocycles. The van der Waals surface area contributed by atoms with Crippen molar-refractivity contribution in [3.63, 3.8) is 0 Å². The van der Waals surface area contributed by atoms with Crippen LogP contribution in [0.5, 0.6) is 0 Å². The maximum atomic E-state index is 14.1. The van der Waals surface area contributed by atoms with E-state index in [1.165, 1.54) is 4.90 Å². The number of allylic oxidation sites excluding steroid dienone is 1. The fourth-order valence-corrected chi connectivity index (χ4v) is 6.15. The van der Waals surface area contributed by atoms with E-state index in [1.807, 2.05) is 62.4 Å². The molecule has 0 aromatic heterocycles. The van der Waals surface area contributed by atoms with Crippen LogP contribution in [0.15, 0.2) is 60.7 Å². The Morgan fingerprint density at radius 2 is 1.81 bits per heavy atom. The highest BCUT2D eigenvalue weighted by Crippen LogP contribution is 2.46. The largest absolute Gasteiger partial charge is 0.394 e. The molecule has 0 bridgehead atoms. The van der Waals surface area contributed by atoms with E-state index in [9.17, 15) is 19.5 Å². The molecule has 2 aliphatic rings. The average molecular weight is 524 g/mol. The van der Waals surface area contributed by atoms with E-state index < -0.39 is 29.8 Å². The monoisotopic (exact) mass is 523 g/mol. The van der Waals surface area contributed by atoms with Crippen LogP contribution < -0.4 is 10.6 Å². The van der Waals surface area contributed by atoms with Gasteiger partial charge in [0.15, 0.2) is 0 Å². The molecular weight excluding hydrogens is 490 g/mol. The minimum Gasteiger partial charge on any atom is -0.394 e. The van der Waals surface area contributed by atoms with Crippen LogP contribution in [0.3, 0.4) is 0 Å². The zero-order chi connectivity index (χ0) is 26.7. The number of nitrogens with zero attached hydrogens (tertiary/aromatic N) is 1. The Kier molecular flexibility index (Phi) is 8.35. The molecule has 196 valence electrons. The fourth-order valence-electron chi connectivity index (χ4n) is 5.88. The third kappa shape index (κ3) is 5.15.